The van der Waals surface area contributed by atoms with Gasteiger partial charge in [0.15, 0.2) is 0 Å². The van der Waals surface area contributed by atoms with Gasteiger partial charge in [-0.15, -0.1) is 0 Å². The summed E-state index contributed by atoms with van der Waals surface area (Å²) >= 11 is 24.1. The van der Waals surface area contributed by atoms with E-state index in [2.05, 4.69) is 5.32 Å². The molecule has 1 aliphatic rings. The third-order valence-electron chi connectivity index (χ3n) is 3.25. The van der Waals surface area contributed by atoms with Crippen LogP contribution in [0.4, 0.5) is 0 Å². The number of benzene rings is 2. The molecule has 0 atom stereocenters. The summed E-state index contributed by atoms with van der Waals surface area (Å²) in [6, 6.07) is 9.24. The molecule has 1 saturated heterocycles. The van der Waals surface area contributed by atoms with E-state index in [1.807, 2.05) is 0 Å². The normalized spacial score (nSPS) is 15.3. The van der Waals surface area contributed by atoms with Crippen molar-refractivity contribution in [3.63, 3.8) is 0 Å². The van der Waals surface area contributed by atoms with Crippen LogP contribution in [0.3, 0.4) is 0 Å². The van der Waals surface area contributed by atoms with Crippen LogP contribution in [-0.2, 0) is 4.79 Å². The van der Waals surface area contributed by atoms with Crippen molar-refractivity contribution in [2.75, 3.05) is 0 Å². The summed E-state index contributed by atoms with van der Waals surface area (Å²) in [6.45, 7) is 0. The Morgan fingerprint density at radius 3 is 2.50 bits per heavy atom. The van der Waals surface area contributed by atoms with Gasteiger partial charge in [-0.1, -0.05) is 64.8 Å². The molecule has 0 unspecified atom stereocenters. The van der Waals surface area contributed by atoms with Gasteiger partial charge in [-0.05, 0) is 42.0 Å². The molecular formula is C17H8Cl3NO3S2. The quantitative estimate of drug-likeness (QED) is 0.299. The number of halogens is 3. The summed E-state index contributed by atoms with van der Waals surface area (Å²) in [7, 11) is 0. The largest absolute Gasteiger partial charge is 0.421 e. The van der Waals surface area contributed by atoms with Gasteiger partial charge in [0.25, 0.3) is 5.91 Å². The van der Waals surface area contributed by atoms with E-state index in [-0.39, 0.29) is 27.3 Å². The van der Waals surface area contributed by atoms with Crippen LogP contribution < -0.4 is 10.1 Å². The summed E-state index contributed by atoms with van der Waals surface area (Å²) in [6.07, 6.45) is 1.65. The van der Waals surface area contributed by atoms with E-state index in [4.69, 9.17) is 51.8 Å². The van der Waals surface area contributed by atoms with Crippen LogP contribution in [-0.4, -0.2) is 16.2 Å². The number of nitrogens with one attached hydrogen (secondary N) is 1. The van der Waals surface area contributed by atoms with Crippen LogP contribution in [0.5, 0.6) is 5.75 Å². The molecular weight excluding hydrogens is 437 g/mol. The first-order chi connectivity index (χ1) is 12.3. The molecule has 2 aromatic carbocycles. The molecule has 1 heterocycles. The van der Waals surface area contributed by atoms with Crippen molar-refractivity contribution in [1.29, 1.82) is 0 Å². The van der Waals surface area contributed by atoms with E-state index >= 15 is 0 Å². The number of carbonyl (C=O) groups excluding carboxylic acids is 2. The molecule has 0 bridgehead atoms. The number of thiocarbonyl (C=S) groups is 1. The smallest absolute Gasteiger partial charge is 0.345 e. The third-order valence-corrected chi connectivity index (χ3v) is 5.26. The summed E-state index contributed by atoms with van der Waals surface area (Å²) in [4.78, 5) is 24.4. The molecule has 1 N–H and O–H groups in total. The molecule has 132 valence electrons. The molecule has 26 heavy (non-hydrogen) atoms. The van der Waals surface area contributed by atoms with E-state index in [1.165, 1.54) is 36.0 Å². The van der Waals surface area contributed by atoms with Crippen molar-refractivity contribution in [2.24, 2.45) is 0 Å². The van der Waals surface area contributed by atoms with Crippen molar-refractivity contribution in [1.82, 2.24) is 5.32 Å². The van der Waals surface area contributed by atoms with E-state index < -0.39 is 5.97 Å². The molecule has 1 amide bonds. The Kier molecular flexibility index (Phi) is 5.89. The van der Waals surface area contributed by atoms with Crippen molar-refractivity contribution in [3.8, 4) is 5.75 Å². The zero-order valence-corrected chi connectivity index (χ0v) is 16.6. The fourth-order valence-electron chi connectivity index (χ4n) is 2.07. The molecule has 9 heteroatoms. The van der Waals surface area contributed by atoms with Gasteiger partial charge in [-0.25, -0.2) is 4.79 Å². The van der Waals surface area contributed by atoms with E-state index in [0.29, 0.717) is 19.8 Å². The topological polar surface area (TPSA) is 55.4 Å². The van der Waals surface area contributed by atoms with E-state index in [0.717, 1.165) is 0 Å². The summed E-state index contributed by atoms with van der Waals surface area (Å²) in [5, 5.41) is 3.33. The van der Waals surface area contributed by atoms with Crippen LogP contribution >= 0.6 is 58.8 Å². The number of hydrogen-bond donors (Lipinski definition) is 1. The molecule has 0 spiro atoms. The Morgan fingerprint density at radius 2 is 1.88 bits per heavy atom. The molecule has 0 aliphatic carbocycles. The highest BCUT2D eigenvalue weighted by Crippen LogP contribution is 2.31. The Morgan fingerprint density at radius 1 is 1.12 bits per heavy atom. The maximum absolute atomic E-state index is 12.3. The summed E-state index contributed by atoms with van der Waals surface area (Å²) in [5.74, 6) is -0.747. The Balaban J connectivity index is 1.80. The number of rotatable bonds is 3. The van der Waals surface area contributed by atoms with Crippen LogP contribution in [0.1, 0.15) is 15.9 Å². The van der Waals surface area contributed by atoms with Crippen LogP contribution in [0.15, 0.2) is 41.3 Å². The maximum atomic E-state index is 12.3. The van der Waals surface area contributed by atoms with Gasteiger partial charge in [-0.2, -0.15) is 0 Å². The lowest BCUT2D eigenvalue weighted by atomic mass is 10.2. The van der Waals surface area contributed by atoms with Crippen molar-refractivity contribution in [3.05, 3.63) is 67.5 Å². The first kappa shape index (κ1) is 19.2. The lowest BCUT2D eigenvalue weighted by molar-refractivity contribution is -0.115. The fourth-order valence-corrected chi connectivity index (χ4v) is 3.83. The van der Waals surface area contributed by atoms with Crippen LogP contribution in [0.2, 0.25) is 15.1 Å². The van der Waals surface area contributed by atoms with Crippen molar-refractivity contribution < 1.29 is 14.3 Å². The fraction of sp³-hybridized carbons (Fsp3) is 0. The van der Waals surface area contributed by atoms with E-state index in [1.54, 1.807) is 18.2 Å². The number of hydrogen-bond acceptors (Lipinski definition) is 5. The number of thioether (sulfide) groups is 1. The molecule has 2 aromatic rings. The SMILES string of the molecule is O=C1NC(=S)SC1=Cc1ccc(OC(=O)c2ccc(Cl)cc2Cl)c(Cl)c1. The molecule has 3 rings (SSSR count). The second-order valence-corrected chi connectivity index (χ2v) is 8.03. The number of ether oxygens (including phenoxy) is 1. The molecule has 0 aromatic heterocycles. The lowest BCUT2D eigenvalue weighted by Gasteiger charge is -2.08. The molecule has 1 aliphatic heterocycles. The van der Waals surface area contributed by atoms with E-state index in [9.17, 15) is 9.59 Å². The average molecular weight is 445 g/mol. The molecule has 0 saturated carbocycles. The first-order valence-electron chi connectivity index (χ1n) is 7.05. The lowest BCUT2D eigenvalue weighted by Crippen LogP contribution is -2.17. The van der Waals surface area contributed by atoms with Gasteiger partial charge in [0.2, 0.25) is 0 Å². The monoisotopic (exact) mass is 443 g/mol. The molecule has 1 fully saturated rings. The average Bonchev–Trinajstić information content (AvgIpc) is 2.87. The predicted octanol–water partition coefficient (Wildman–Crippen LogP) is 5.35. The van der Waals surface area contributed by atoms with Crippen LogP contribution in [0, 0.1) is 0 Å². The second-order valence-electron chi connectivity index (χ2n) is 5.06. The molecule has 0 radical (unpaired) electrons. The summed E-state index contributed by atoms with van der Waals surface area (Å²) in [5.41, 5.74) is 0.840. The Bertz CT molecular complexity index is 976. The zero-order valence-electron chi connectivity index (χ0n) is 12.7. The Labute approximate surface area is 173 Å². The van der Waals surface area contributed by atoms with Gasteiger partial charge >= 0.3 is 5.97 Å². The predicted molar refractivity (Wildman–Crippen MR) is 109 cm³/mol. The van der Waals surface area contributed by atoms with Gasteiger partial charge in [0, 0.05) is 5.02 Å². The van der Waals surface area contributed by atoms with Crippen LogP contribution in [0.25, 0.3) is 6.08 Å². The van der Waals surface area contributed by atoms with Crippen molar-refractivity contribution >= 4 is 81.1 Å². The standard InChI is InChI=1S/C17H8Cl3NO3S2/c18-9-2-3-10(11(19)7-9)16(23)24-13-4-1-8(5-12(13)20)6-14-15(22)21-17(25)26-14/h1-7H,(H,21,22,25). The zero-order chi connectivity index (χ0) is 18.8. The number of carbonyl (C=O) groups is 2. The highest BCUT2D eigenvalue weighted by molar-refractivity contribution is 8.26. The third kappa shape index (κ3) is 4.39. The Hall–Kier alpha value is -1.57. The minimum atomic E-state index is -0.657. The second kappa shape index (κ2) is 7.98. The number of esters is 1. The molecule has 4 nitrogen and oxygen atoms in total. The minimum absolute atomic E-state index is 0.170. The maximum Gasteiger partial charge on any atom is 0.345 e. The highest BCUT2D eigenvalue weighted by atomic mass is 35.5. The minimum Gasteiger partial charge on any atom is -0.421 e. The summed E-state index contributed by atoms with van der Waals surface area (Å²) < 4.78 is 5.69. The van der Waals surface area contributed by atoms with Gasteiger partial charge < -0.3 is 10.1 Å². The van der Waals surface area contributed by atoms with Gasteiger partial charge in [0.05, 0.1) is 20.5 Å². The number of amides is 1. The van der Waals surface area contributed by atoms with Crippen molar-refractivity contribution in [2.45, 2.75) is 0 Å². The highest BCUT2D eigenvalue weighted by Gasteiger charge is 2.22. The van der Waals surface area contributed by atoms with Gasteiger partial charge in [-0.3, -0.25) is 4.79 Å². The van der Waals surface area contributed by atoms with Gasteiger partial charge in [0.1, 0.15) is 10.1 Å². The first-order valence-corrected chi connectivity index (χ1v) is 9.41.